The molecule has 1 saturated heterocycles. The minimum Gasteiger partial charge on any atom is -0.481 e. The van der Waals surface area contributed by atoms with Crippen LogP contribution in [0.3, 0.4) is 0 Å². The Morgan fingerprint density at radius 2 is 2.11 bits per heavy atom. The van der Waals surface area contributed by atoms with Crippen LogP contribution in [0.4, 0.5) is 8.78 Å². The highest BCUT2D eigenvalue weighted by atomic mass is 32.2. The number of thioether (sulfide) groups is 1. The molecular formula is C12H21F2NO2S. The van der Waals surface area contributed by atoms with E-state index in [4.69, 9.17) is 5.11 Å². The molecule has 1 unspecified atom stereocenters. The van der Waals surface area contributed by atoms with Crippen molar-refractivity contribution < 1.29 is 18.7 Å². The molecule has 0 aromatic heterocycles. The first-order valence-corrected chi connectivity index (χ1v) is 7.18. The monoisotopic (exact) mass is 281 g/mol. The van der Waals surface area contributed by atoms with Crippen molar-refractivity contribution in [3.05, 3.63) is 0 Å². The first-order chi connectivity index (χ1) is 8.10. The normalized spacial score (nSPS) is 25.1. The minimum atomic E-state index is -2.67. The van der Waals surface area contributed by atoms with E-state index in [0.717, 1.165) is 0 Å². The smallest absolute Gasteiger partial charge is 0.313 e. The van der Waals surface area contributed by atoms with Crippen molar-refractivity contribution in [1.82, 2.24) is 4.90 Å². The highest BCUT2D eigenvalue weighted by Crippen LogP contribution is 2.35. The van der Waals surface area contributed by atoms with Gasteiger partial charge in [-0.25, -0.2) is 8.78 Å². The molecule has 18 heavy (non-hydrogen) atoms. The molecule has 1 atom stereocenters. The van der Waals surface area contributed by atoms with E-state index in [0.29, 0.717) is 12.3 Å². The van der Waals surface area contributed by atoms with Crippen LogP contribution in [0.25, 0.3) is 0 Å². The van der Waals surface area contributed by atoms with Crippen LogP contribution in [0.5, 0.6) is 0 Å². The molecule has 1 heterocycles. The summed E-state index contributed by atoms with van der Waals surface area (Å²) in [6, 6.07) is 0. The second-order valence-corrected chi connectivity index (χ2v) is 6.92. The summed E-state index contributed by atoms with van der Waals surface area (Å²) >= 11 is 1.22. The molecule has 1 fully saturated rings. The van der Waals surface area contributed by atoms with E-state index in [1.807, 2.05) is 20.8 Å². The van der Waals surface area contributed by atoms with Gasteiger partial charge in [0, 0.05) is 18.5 Å². The highest BCUT2D eigenvalue weighted by molar-refractivity contribution is 7.99. The number of likely N-dealkylation sites (tertiary alicyclic amines) is 1. The lowest BCUT2D eigenvalue weighted by molar-refractivity contribution is -0.133. The minimum absolute atomic E-state index is 0.0163. The Hall–Kier alpha value is -0.360. The van der Waals surface area contributed by atoms with Crippen LogP contribution < -0.4 is 0 Å². The van der Waals surface area contributed by atoms with Gasteiger partial charge >= 0.3 is 5.97 Å². The topological polar surface area (TPSA) is 40.5 Å². The Labute approximate surface area is 111 Å². The maximum Gasteiger partial charge on any atom is 0.313 e. The van der Waals surface area contributed by atoms with Gasteiger partial charge in [0.2, 0.25) is 0 Å². The lowest BCUT2D eigenvalue weighted by Gasteiger charge is -2.44. The van der Waals surface area contributed by atoms with Crippen LogP contribution in [-0.2, 0) is 4.79 Å². The zero-order chi connectivity index (χ0) is 14.0. The summed E-state index contributed by atoms with van der Waals surface area (Å²) in [4.78, 5) is 12.2. The Morgan fingerprint density at radius 3 is 2.61 bits per heavy atom. The number of carbonyl (C=O) groups is 1. The van der Waals surface area contributed by atoms with Crippen LogP contribution in [0.1, 0.15) is 27.2 Å². The van der Waals surface area contributed by atoms with Crippen molar-refractivity contribution in [1.29, 1.82) is 0 Å². The molecular weight excluding hydrogens is 260 g/mol. The van der Waals surface area contributed by atoms with Gasteiger partial charge in [-0.1, -0.05) is 0 Å². The van der Waals surface area contributed by atoms with Crippen molar-refractivity contribution in [3.63, 3.8) is 0 Å². The van der Waals surface area contributed by atoms with Gasteiger partial charge in [0.1, 0.15) is 0 Å². The molecule has 0 aromatic rings. The summed E-state index contributed by atoms with van der Waals surface area (Å²) < 4.78 is 27.3. The summed E-state index contributed by atoms with van der Waals surface area (Å²) in [7, 11) is 0. The highest BCUT2D eigenvalue weighted by Gasteiger charge is 2.43. The van der Waals surface area contributed by atoms with Crippen LogP contribution in [0.15, 0.2) is 0 Å². The number of piperidine rings is 1. The molecule has 0 aromatic carbocycles. The summed E-state index contributed by atoms with van der Waals surface area (Å²) in [5.41, 5.74) is -0.278. The number of aliphatic carboxylic acids is 1. The molecule has 1 N–H and O–H groups in total. The predicted molar refractivity (Wildman–Crippen MR) is 69.3 cm³/mol. The fraction of sp³-hybridized carbons (Fsp3) is 0.917. The molecule has 0 saturated carbocycles. The number of alkyl halides is 2. The molecule has 0 bridgehead atoms. The molecule has 6 heteroatoms. The molecule has 106 valence electrons. The number of hydrogen-bond acceptors (Lipinski definition) is 3. The second-order valence-electron chi connectivity index (χ2n) is 5.89. The Balaban J connectivity index is 2.55. The number of carboxylic acid groups (broad SMARTS) is 1. The van der Waals surface area contributed by atoms with Gasteiger partial charge in [0.05, 0.1) is 12.3 Å². The molecule has 0 aliphatic carbocycles. The summed E-state index contributed by atoms with van der Waals surface area (Å²) in [6.07, 6.45) is -0.133. The van der Waals surface area contributed by atoms with Gasteiger partial charge in [-0.2, -0.15) is 0 Å². The van der Waals surface area contributed by atoms with Crippen molar-refractivity contribution in [2.75, 3.05) is 24.6 Å². The number of halogens is 2. The zero-order valence-corrected chi connectivity index (χ0v) is 11.9. The van der Waals surface area contributed by atoms with E-state index < -0.39 is 11.9 Å². The Morgan fingerprint density at radius 1 is 1.50 bits per heavy atom. The SMILES string of the molecule is CC(C)(C)N1CC(CSCC(=O)O)CC(F)(F)C1. The molecule has 0 amide bonds. The number of rotatable bonds is 4. The zero-order valence-electron chi connectivity index (χ0n) is 11.1. The summed E-state index contributed by atoms with van der Waals surface area (Å²) in [5, 5.41) is 8.55. The third kappa shape index (κ3) is 5.10. The largest absolute Gasteiger partial charge is 0.481 e. The summed E-state index contributed by atoms with van der Waals surface area (Å²) in [5.74, 6) is -3.24. The molecule has 0 spiro atoms. The van der Waals surface area contributed by atoms with E-state index in [2.05, 4.69) is 0 Å². The van der Waals surface area contributed by atoms with Crippen LogP contribution in [0.2, 0.25) is 0 Å². The van der Waals surface area contributed by atoms with Gasteiger partial charge in [-0.3, -0.25) is 9.69 Å². The van der Waals surface area contributed by atoms with Crippen LogP contribution in [-0.4, -0.2) is 52.0 Å². The lowest BCUT2D eigenvalue weighted by Crippen LogP contribution is -2.54. The third-order valence-corrected chi connectivity index (χ3v) is 4.17. The van der Waals surface area contributed by atoms with Gasteiger partial charge < -0.3 is 5.11 Å². The quantitative estimate of drug-likeness (QED) is 0.860. The maximum atomic E-state index is 13.7. The lowest BCUT2D eigenvalue weighted by atomic mass is 9.92. The van der Waals surface area contributed by atoms with E-state index in [1.165, 1.54) is 11.8 Å². The average molecular weight is 281 g/mol. The fourth-order valence-electron chi connectivity index (χ4n) is 2.14. The number of carboxylic acids is 1. The molecule has 1 aliphatic rings. The van der Waals surface area contributed by atoms with Gasteiger partial charge in [0.15, 0.2) is 0 Å². The number of nitrogens with zero attached hydrogens (tertiary/aromatic N) is 1. The molecule has 1 rings (SSSR count). The van der Waals surface area contributed by atoms with E-state index in [9.17, 15) is 13.6 Å². The first-order valence-electron chi connectivity index (χ1n) is 6.02. The Bertz CT molecular complexity index is 305. The molecule has 3 nitrogen and oxygen atoms in total. The van der Waals surface area contributed by atoms with Crippen molar-refractivity contribution in [2.24, 2.45) is 5.92 Å². The first kappa shape index (κ1) is 15.7. The Kier molecular flexibility index (Phi) is 5.00. The second kappa shape index (κ2) is 5.74. The van der Waals surface area contributed by atoms with E-state index in [1.54, 1.807) is 4.90 Å². The van der Waals surface area contributed by atoms with Gasteiger partial charge in [0.25, 0.3) is 5.92 Å². The molecule has 1 aliphatic heterocycles. The van der Waals surface area contributed by atoms with E-state index >= 15 is 0 Å². The summed E-state index contributed by atoms with van der Waals surface area (Å²) in [6.45, 7) is 6.20. The van der Waals surface area contributed by atoms with Gasteiger partial charge in [-0.15, -0.1) is 11.8 Å². The predicted octanol–water partition coefficient (Wildman–Crippen LogP) is 2.56. The van der Waals surface area contributed by atoms with Crippen LogP contribution in [0, 0.1) is 5.92 Å². The van der Waals surface area contributed by atoms with E-state index in [-0.39, 0.29) is 30.2 Å². The standard InChI is InChI=1S/C12H21F2NO2S/c1-11(2,3)15-5-9(4-12(13,14)8-15)6-18-7-10(16)17/h9H,4-8H2,1-3H3,(H,16,17). The van der Waals surface area contributed by atoms with Gasteiger partial charge in [-0.05, 0) is 32.4 Å². The van der Waals surface area contributed by atoms with Crippen molar-refractivity contribution in [3.8, 4) is 0 Å². The number of hydrogen-bond donors (Lipinski definition) is 1. The van der Waals surface area contributed by atoms with Crippen LogP contribution >= 0.6 is 11.8 Å². The molecule has 0 radical (unpaired) electrons. The fourth-order valence-corrected chi connectivity index (χ4v) is 2.99. The van der Waals surface area contributed by atoms with Crippen molar-refractivity contribution >= 4 is 17.7 Å². The third-order valence-electron chi connectivity index (χ3n) is 3.02. The maximum absolute atomic E-state index is 13.7. The van der Waals surface area contributed by atoms with Crippen molar-refractivity contribution in [2.45, 2.75) is 38.7 Å². The average Bonchev–Trinajstić information content (AvgIpc) is 2.12.